The maximum Gasteiger partial charge on any atom is 0.311 e. The van der Waals surface area contributed by atoms with Gasteiger partial charge in [-0.15, -0.1) is 5.10 Å². The van der Waals surface area contributed by atoms with Crippen molar-refractivity contribution in [2.45, 2.75) is 0 Å². The molecule has 8 nitrogen and oxygen atoms in total. The minimum Gasteiger partial charge on any atom is -0.490 e. The summed E-state index contributed by atoms with van der Waals surface area (Å²) in [5.74, 6) is -0.179. The number of nitro groups is 1. The van der Waals surface area contributed by atoms with Crippen LogP contribution in [-0.2, 0) is 4.79 Å². The molecular formula is C16H12N4O4. The van der Waals surface area contributed by atoms with Crippen molar-refractivity contribution in [3.63, 3.8) is 0 Å². The Balaban J connectivity index is 1.88. The summed E-state index contributed by atoms with van der Waals surface area (Å²) in [4.78, 5) is 22.3. The number of para-hydroxylation sites is 1. The third kappa shape index (κ3) is 2.84. The van der Waals surface area contributed by atoms with Crippen LogP contribution in [0, 0.1) is 10.1 Å². The van der Waals surface area contributed by atoms with Crippen LogP contribution < -0.4 is 10.1 Å². The number of nitro benzene ring substituents is 1. The SMILES string of the molecule is COc1ccc(/C=N/N=C2/C(=O)Nc3ccccc32)cc1[N+](=O)[O-]. The fourth-order valence-electron chi connectivity index (χ4n) is 2.28. The van der Waals surface area contributed by atoms with Crippen molar-refractivity contribution in [3.05, 3.63) is 63.7 Å². The molecular weight excluding hydrogens is 312 g/mol. The molecule has 1 heterocycles. The zero-order chi connectivity index (χ0) is 17.1. The van der Waals surface area contributed by atoms with Crippen LogP contribution in [-0.4, -0.2) is 29.9 Å². The minimum absolute atomic E-state index is 0.160. The molecule has 0 aliphatic carbocycles. The average molecular weight is 324 g/mol. The lowest BCUT2D eigenvalue weighted by molar-refractivity contribution is -0.385. The molecule has 1 N–H and O–H groups in total. The van der Waals surface area contributed by atoms with Crippen LogP contribution in [0.15, 0.2) is 52.7 Å². The van der Waals surface area contributed by atoms with Gasteiger partial charge in [-0.05, 0) is 18.2 Å². The summed E-state index contributed by atoms with van der Waals surface area (Å²) < 4.78 is 4.93. The molecule has 8 heteroatoms. The highest BCUT2D eigenvalue weighted by atomic mass is 16.6. The van der Waals surface area contributed by atoms with Gasteiger partial charge in [0.05, 0.1) is 23.9 Å². The normalized spacial score (nSPS) is 14.7. The van der Waals surface area contributed by atoms with Crippen LogP contribution in [0.5, 0.6) is 5.75 Å². The Morgan fingerprint density at radius 3 is 2.79 bits per heavy atom. The molecule has 120 valence electrons. The maximum atomic E-state index is 11.9. The zero-order valence-corrected chi connectivity index (χ0v) is 12.6. The first-order valence-electron chi connectivity index (χ1n) is 6.94. The molecule has 1 aliphatic rings. The van der Waals surface area contributed by atoms with Crippen molar-refractivity contribution in [2.24, 2.45) is 10.2 Å². The van der Waals surface area contributed by atoms with Crippen molar-refractivity contribution in [1.82, 2.24) is 0 Å². The van der Waals surface area contributed by atoms with E-state index in [1.807, 2.05) is 6.07 Å². The largest absolute Gasteiger partial charge is 0.490 e. The first-order chi connectivity index (χ1) is 11.6. The quantitative estimate of drug-likeness (QED) is 0.529. The Hall–Kier alpha value is -3.55. The van der Waals surface area contributed by atoms with E-state index in [2.05, 4.69) is 15.5 Å². The first kappa shape index (κ1) is 15.3. The fourth-order valence-corrected chi connectivity index (χ4v) is 2.28. The van der Waals surface area contributed by atoms with E-state index in [9.17, 15) is 14.9 Å². The van der Waals surface area contributed by atoms with Crippen LogP contribution >= 0.6 is 0 Å². The number of methoxy groups -OCH3 is 1. The smallest absolute Gasteiger partial charge is 0.311 e. The number of carbonyl (C=O) groups is 1. The standard InChI is InChI=1S/C16H12N4O4/c1-24-14-7-6-10(8-13(14)20(22)23)9-17-19-15-11-4-2-3-5-12(11)18-16(15)21/h2-9H,1H3,(H,18,19,21)/b17-9+. The minimum atomic E-state index is -0.539. The molecule has 0 saturated carbocycles. The second kappa shape index (κ2) is 6.29. The Labute approximate surface area is 136 Å². The second-order valence-corrected chi connectivity index (χ2v) is 4.88. The lowest BCUT2D eigenvalue weighted by atomic mass is 10.1. The predicted molar refractivity (Wildman–Crippen MR) is 88.9 cm³/mol. The van der Waals surface area contributed by atoms with E-state index in [0.29, 0.717) is 16.8 Å². The highest BCUT2D eigenvalue weighted by Crippen LogP contribution is 2.27. The number of hydrogen-bond acceptors (Lipinski definition) is 6. The van der Waals surface area contributed by atoms with Crippen LogP contribution in [0.2, 0.25) is 0 Å². The Kier molecular flexibility index (Phi) is 4.02. The van der Waals surface area contributed by atoms with Gasteiger partial charge in [0.15, 0.2) is 11.5 Å². The van der Waals surface area contributed by atoms with E-state index in [4.69, 9.17) is 4.74 Å². The van der Waals surface area contributed by atoms with E-state index in [1.54, 1.807) is 24.3 Å². The number of benzene rings is 2. The molecule has 0 fully saturated rings. The summed E-state index contributed by atoms with van der Waals surface area (Å²) in [7, 11) is 1.36. The number of ether oxygens (including phenoxy) is 1. The first-order valence-corrected chi connectivity index (χ1v) is 6.94. The Morgan fingerprint density at radius 2 is 2.04 bits per heavy atom. The summed E-state index contributed by atoms with van der Waals surface area (Å²) >= 11 is 0. The van der Waals surface area contributed by atoms with Gasteiger partial charge in [0.25, 0.3) is 5.91 Å². The summed E-state index contributed by atoms with van der Waals surface area (Å²) in [6.07, 6.45) is 1.34. The molecule has 0 unspecified atom stereocenters. The summed E-state index contributed by atoms with van der Waals surface area (Å²) in [6, 6.07) is 11.5. The van der Waals surface area contributed by atoms with Crippen molar-refractivity contribution in [1.29, 1.82) is 0 Å². The molecule has 0 atom stereocenters. The van der Waals surface area contributed by atoms with Gasteiger partial charge in [-0.3, -0.25) is 14.9 Å². The van der Waals surface area contributed by atoms with Crippen molar-refractivity contribution >= 4 is 29.2 Å². The third-order valence-electron chi connectivity index (χ3n) is 3.41. The number of nitrogens with zero attached hydrogens (tertiary/aromatic N) is 3. The van der Waals surface area contributed by atoms with Crippen LogP contribution in [0.25, 0.3) is 0 Å². The highest BCUT2D eigenvalue weighted by molar-refractivity contribution is 6.53. The average Bonchev–Trinajstić information content (AvgIpc) is 2.90. The molecule has 0 spiro atoms. The fraction of sp³-hybridized carbons (Fsp3) is 0.0625. The molecule has 24 heavy (non-hydrogen) atoms. The molecule has 2 aromatic carbocycles. The molecule has 2 aromatic rings. The maximum absolute atomic E-state index is 11.9. The number of rotatable bonds is 4. The van der Waals surface area contributed by atoms with Crippen molar-refractivity contribution in [3.8, 4) is 5.75 Å². The third-order valence-corrected chi connectivity index (χ3v) is 3.41. The molecule has 0 aromatic heterocycles. The van der Waals surface area contributed by atoms with Gasteiger partial charge in [-0.1, -0.05) is 18.2 Å². The molecule has 0 radical (unpaired) electrons. The van der Waals surface area contributed by atoms with Gasteiger partial charge in [-0.2, -0.15) is 5.10 Å². The monoisotopic (exact) mass is 324 g/mol. The molecule has 3 rings (SSSR count). The lowest BCUT2D eigenvalue weighted by Crippen LogP contribution is -2.13. The van der Waals surface area contributed by atoms with E-state index >= 15 is 0 Å². The van der Waals surface area contributed by atoms with Gasteiger partial charge in [0.2, 0.25) is 0 Å². The molecule has 1 aliphatic heterocycles. The van der Waals surface area contributed by atoms with Gasteiger partial charge in [-0.25, -0.2) is 0 Å². The topological polar surface area (TPSA) is 106 Å². The molecule has 0 saturated heterocycles. The highest BCUT2D eigenvalue weighted by Gasteiger charge is 2.25. The summed E-state index contributed by atoms with van der Waals surface area (Å²) in [5, 5.41) is 21.5. The van der Waals surface area contributed by atoms with Gasteiger partial charge >= 0.3 is 5.69 Å². The van der Waals surface area contributed by atoms with E-state index < -0.39 is 4.92 Å². The van der Waals surface area contributed by atoms with E-state index in [0.717, 1.165) is 0 Å². The Bertz CT molecular complexity index is 889. The Morgan fingerprint density at radius 1 is 1.25 bits per heavy atom. The second-order valence-electron chi connectivity index (χ2n) is 4.88. The number of anilines is 1. The zero-order valence-electron chi connectivity index (χ0n) is 12.6. The van der Waals surface area contributed by atoms with Gasteiger partial charge in [0, 0.05) is 17.2 Å². The van der Waals surface area contributed by atoms with Crippen molar-refractivity contribution in [2.75, 3.05) is 12.4 Å². The summed E-state index contributed by atoms with van der Waals surface area (Å²) in [6.45, 7) is 0. The number of fused-ring (bicyclic) bond motifs is 1. The predicted octanol–water partition coefficient (Wildman–Crippen LogP) is 2.38. The van der Waals surface area contributed by atoms with Crippen LogP contribution in [0.1, 0.15) is 11.1 Å². The lowest BCUT2D eigenvalue weighted by Gasteiger charge is -2.01. The number of amides is 1. The number of hydrogen-bond donors (Lipinski definition) is 1. The van der Waals surface area contributed by atoms with Crippen LogP contribution in [0.4, 0.5) is 11.4 Å². The number of nitrogens with one attached hydrogen (secondary N) is 1. The molecule has 1 amide bonds. The van der Waals surface area contributed by atoms with Crippen molar-refractivity contribution < 1.29 is 14.5 Å². The molecule has 0 bridgehead atoms. The van der Waals surface area contributed by atoms with Crippen LogP contribution in [0.3, 0.4) is 0 Å². The number of carbonyl (C=O) groups excluding carboxylic acids is 1. The van der Waals surface area contributed by atoms with Gasteiger partial charge < -0.3 is 10.1 Å². The van der Waals surface area contributed by atoms with E-state index in [1.165, 1.54) is 25.5 Å². The summed E-state index contributed by atoms with van der Waals surface area (Å²) in [5.41, 5.74) is 1.85. The van der Waals surface area contributed by atoms with E-state index in [-0.39, 0.29) is 23.1 Å². The van der Waals surface area contributed by atoms with Gasteiger partial charge in [0.1, 0.15) is 0 Å².